The molecule has 0 radical (unpaired) electrons. The van der Waals surface area contributed by atoms with Gasteiger partial charge in [0.1, 0.15) is 5.82 Å². The highest BCUT2D eigenvalue weighted by molar-refractivity contribution is 7.92. The van der Waals surface area contributed by atoms with E-state index in [0.717, 1.165) is 11.6 Å². The molecule has 1 aromatic carbocycles. The number of alkyl halides is 3. The van der Waals surface area contributed by atoms with Crippen LogP contribution in [-0.2, 0) is 21.4 Å². The Morgan fingerprint density at radius 3 is 2.10 bits per heavy atom. The number of benzene rings is 1. The van der Waals surface area contributed by atoms with E-state index in [2.05, 4.69) is 25.8 Å². The Bertz CT molecular complexity index is 957. The molecule has 1 saturated heterocycles. The summed E-state index contributed by atoms with van der Waals surface area (Å²) in [6.07, 6.45) is -2.65. The third kappa shape index (κ3) is 4.57. The van der Waals surface area contributed by atoms with Gasteiger partial charge < -0.3 is 4.90 Å². The van der Waals surface area contributed by atoms with Crippen molar-refractivity contribution in [3.8, 4) is 0 Å². The minimum absolute atomic E-state index is 0.0769. The van der Waals surface area contributed by atoms with Crippen LogP contribution < -0.4 is 4.90 Å². The summed E-state index contributed by atoms with van der Waals surface area (Å²) < 4.78 is 65.7. The monoisotopic (exact) mass is 426 g/mol. The molecule has 0 unspecified atom stereocenters. The van der Waals surface area contributed by atoms with Gasteiger partial charge >= 0.3 is 6.18 Å². The lowest BCUT2D eigenvalue weighted by atomic mass is 9.87. The molecule has 0 aliphatic carbocycles. The van der Waals surface area contributed by atoms with E-state index >= 15 is 0 Å². The molecule has 3 rings (SSSR count). The van der Waals surface area contributed by atoms with Gasteiger partial charge in [-0.15, -0.1) is 0 Å². The summed E-state index contributed by atoms with van der Waals surface area (Å²) in [5, 5.41) is -0.614. The smallest absolute Gasteiger partial charge is 0.356 e. The molecule has 1 fully saturated rings. The summed E-state index contributed by atoms with van der Waals surface area (Å²) in [5.74, 6) is -0.134. The lowest BCUT2D eigenvalue weighted by Crippen LogP contribution is -2.40. The van der Waals surface area contributed by atoms with Crippen LogP contribution in [-0.4, -0.2) is 31.7 Å². The van der Waals surface area contributed by atoms with Crippen molar-refractivity contribution in [1.82, 2.24) is 4.98 Å². The third-order valence-electron chi connectivity index (χ3n) is 5.32. The topological polar surface area (TPSA) is 50.3 Å². The summed E-state index contributed by atoms with van der Waals surface area (Å²) in [5.41, 5.74) is 0.173. The van der Waals surface area contributed by atoms with E-state index in [1.807, 2.05) is 12.1 Å². The highest BCUT2D eigenvalue weighted by atomic mass is 32.2. The van der Waals surface area contributed by atoms with Crippen molar-refractivity contribution >= 4 is 15.7 Å². The Kier molecular flexibility index (Phi) is 5.69. The molecule has 0 N–H and O–H groups in total. The number of pyridine rings is 1. The zero-order chi connectivity index (χ0) is 21.4. The van der Waals surface area contributed by atoms with Crippen LogP contribution in [0.15, 0.2) is 47.5 Å². The average Bonchev–Trinajstić information content (AvgIpc) is 2.67. The first-order chi connectivity index (χ1) is 13.4. The normalized spacial score (nSPS) is 16.8. The number of piperidine rings is 1. The Morgan fingerprint density at radius 2 is 1.59 bits per heavy atom. The van der Waals surface area contributed by atoms with Gasteiger partial charge in [-0.3, -0.25) is 0 Å². The van der Waals surface area contributed by atoms with E-state index in [9.17, 15) is 21.6 Å². The maximum absolute atomic E-state index is 13.2. The minimum Gasteiger partial charge on any atom is -0.356 e. The second kappa shape index (κ2) is 7.63. The van der Waals surface area contributed by atoms with Crippen molar-refractivity contribution < 1.29 is 21.6 Å². The van der Waals surface area contributed by atoms with Crippen LogP contribution in [0.2, 0.25) is 0 Å². The Morgan fingerprint density at radius 1 is 1.00 bits per heavy atom. The van der Waals surface area contributed by atoms with Gasteiger partial charge in [0.15, 0.2) is 9.84 Å². The summed E-state index contributed by atoms with van der Waals surface area (Å²) >= 11 is 0. The maximum atomic E-state index is 13.2. The fraction of sp³-hybridized carbons (Fsp3) is 0.476. The summed E-state index contributed by atoms with van der Waals surface area (Å²) in [6, 6.07) is 9.16. The molecule has 8 heteroatoms. The van der Waals surface area contributed by atoms with Crippen LogP contribution in [0, 0.1) is 0 Å². The number of rotatable bonds is 3. The quantitative estimate of drug-likeness (QED) is 0.705. The van der Waals surface area contributed by atoms with Gasteiger partial charge in [0.05, 0.1) is 15.7 Å². The van der Waals surface area contributed by atoms with Gasteiger partial charge in [-0.05, 0) is 48.1 Å². The molecule has 4 nitrogen and oxygen atoms in total. The van der Waals surface area contributed by atoms with E-state index in [1.54, 1.807) is 12.1 Å². The molecule has 2 heterocycles. The van der Waals surface area contributed by atoms with Crippen molar-refractivity contribution in [1.29, 1.82) is 0 Å². The van der Waals surface area contributed by atoms with E-state index in [0.29, 0.717) is 0 Å². The van der Waals surface area contributed by atoms with E-state index in [4.69, 9.17) is 0 Å². The molecule has 2 aromatic rings. The Balaban J connectivity index is 1.76. The van der Waals surface area contributed by atoms with E-state index < -0.39 is 26.8 Å². The van der Waals surface area contributed by atoms with E-state index in [-0.39, 0.29) is 42.1 Å². The van der Waals surface area contributed by atoms with Crippen molar-refractivity contribution in [3.63, 3.8) is 0 Å². The lowest BCUT2D eigenvalue weighted by Gasteiger charge is -2.33. The number of hydrogen-bond acceptors (Lipinski definition) is 4. The number of hydrogen-bond donors (Lipinski definition) is 0. The van der Waals surface area contributed by atoms with Gasteiger partial charge in [0, 0.05) is 19.3 Å². The Hall–Kier alpha value is -2.09. The molecular formula is C21H25F3N2O2S. The summed E-state index contributed by atoms with van der Waals surface area (Å²) in [7, 11) is -3.54. The Labute approximate surface area is 169 Å². The second-order valence-corrected chi connectivity index (χ2v) is 10.6. The standard InChI is InChI=1S/C21H25F3N2O2S/c1-20(2,3)15-6-8-16(9-7-15)29(27,28)17-10-13-26(14-11-17)19-18(21(22,23)24)5-4-12-25-19/h4-9,12,17H,10-11,13-14H2,1-3H3. The van der Waals surface area contributed by atoms with Crippen LogP contribution in [0.3, 0.4) is 0 Å². The largest absolute Gasteiger partial charge is 0.419 e. The summed E-state index contributed by atoms with van der Waals surface area (Å²) in [4.78, 5) is 5.69. The maximum Gasteiger partial charge on any atom is 0.419 e. The van der Waals surface area contributed by atoms with Crippen LogP contribution in [0.5, 0.6) is 0 Å². The number of anilines is 1. The van der Waals surface area contributed by atoms with Gasteiger partial charge in [-0.25, -0.2) is 13.4 Å². The molecule has 1 aliphatic rings. The van der Waals surface area contributed by atoms with Crippen molar-refractivity contribution in [2.45, 2.75) is 55.3 Å². The first kappa shape index (κ1) is 21.6. The molecule has 158 valence electrons. The molecule has 0 bridgehead atoms. The van der Waals surface area contributed by atoms with Gasteiger partial charge in [0.25, 0.3) is 0 Å². The highest BCUT2D eigenvalue weighted by Crippen LogP contribution is 2.37. The second-order valence-electron chi connectivity index (χ2n) is 8.38. The van der Waals surface area contributed by atoms with Gasteiger partial charge in [-0.1, -0.05) is 32.9 Å². The molecule has 0 saturated carbocycles. The zero-order valence-electron chi connectivity index (χ0n) is 16.7. The fourth-order valence-corrected chi connectivity index (χ4v) is 5.32. The predicted molar refractivity (Wildman–Crippen MR) is 107 cm³/mol. The first-order valence-corrected chi connectivity index (χ1v) is 11.1. The number of sulfone groups is 1. The number of halogens is 3. The molecule has 0 spiro atoms. The molecule has 29 heavy (non-hydrogen) atoms. The van der Waals surface area contributed by atoms with Crippen molar-refractivity contribution in [3.05, 3.63) is 53.7 Å². The third-order valence-corrected chi connectivity index (χ3v) is 7.60. The van der Waals surface area contributed by atoms with Gasteiger partial charge in [-0.2, -0.15) is 13.2 Å². The van der Waals surface area contributed by atoms with E-state index in [1.165, 1.54) is 17.2 Å². The molecular weight excluding hydrogens is 401 g/mol. The van der Waals surface area contributed by atoms with Crippen LogP contribution in [0.25, 0.3) is 0 Å². The molecule has 0 atom stereocenters. The number of aromatic nitrogens is 1. The fourth-order valence-electron chi connectivity index (χ4n) is 3.59. The SMILES string of the molecule is CC(C)(C)c1ccc(S(=O)(=O)C2CCN(c3ncccc3C(F)(F)F)CC2)cc1. The predicted octanol–water partition coefficient (Wildman–Crippen LogP) is 4.84. The van der Waals surface area contributed by atoms with Gasteiger partial charge in [0.2, 0.25) is 0 Å². The number of nitrogens with zero attached hydrogens (tertiary/aromatic N) is 2. The van der Waals surface area contributed by atoms with Crippen molar-refractivity contribution in [2.24, 2.45) is 0 Å². The zero-order valence-corrected chi connectivity index (χ0v) is 17.5. The van der Waals surface area contributed by atoms with Crippen LogP contribution in [0.4, 0.5) is 19.0 Å². The summed E-state index contributed by atoms with van der Waals surface area (Å²) in [6.45, 7) is 6.59. The lowest BCUT2D eigenvalue weighted by molar-refractivity contribution is -0.137. The molecule has 1 aromatic heterocycles. The van der Waals surface area contributed by atoms with Crippen LogP contribution in [0.1, 0.15) is 44.7 Å². The molecule has 0 amide bonds. The van der Waals surface area contributed by atoms with Crippen LogP contribution >= 0.6 is 0 Å². The molecule has 1 aliphatic heterocycles. The minimum atomic E-state index is -4.50. The van der Waals surface area contributed by atoms with Crippen molar-refractivity contribution in [2.75, 3.05) is 18.0 Å². The highest BCUT2D eigenvalue weighted by Gasteiger charge is 2.38. The average molecular weight is 427 g/mol. The first-order valence-electron chi connectivity index (χ1n) is 9.52.